The number of aliphatic hydroxyl groups excluding tert-OH is 1. The summed E-state index contributed by atoms with van der Waals surface area (Å²) in [7, 11) is 0. The molecule has 0 bridgehead atoms. The molecule has 0 aliphatic heterocycles. The topological polar surface area (TPSA) is 94.8 Å². The Morgan fingerprint density at radius 1 is 1.29 bits per heavy atom. The van der Waals surface area contributed by atoms with E-state index < -0.39 is 11.9 Å². The van der Waals surface area contributed by atoms with Crippen molar-refractivity contribution in [3.8, 4) is 5.75 Å². The number of allylic oxidation sites excluding steroid dienone is 2. The van der Waals surface area contributed by atoms with Crippen molar-refractivity contribution >= 4 is 11.8 Å². The monoisotopic (exact) mass is 334 g/mol. The van der Waals surface area contributed by atoms with E-state index in [0.717, 1.165) is 18.4 Å². The second-order valence-electron chi connectivity index (χ2n) is 5.90. The van der Waals surface area contributed by atoms with Crippen LogP contribution in [0.4, 0.5) is 0 Å². The predicted octanol–water partition coefficient (Wildman–Crippen LogP) is 3.22. The van der Waals surface area contributed by atoms with E-state index in [9.17, 15) is 14.7 Å². The molecular weight excluding hydrogens is 308 g/mol. The van der Waals surface area contributed by atoms with Crippen molar-refractivity contribution in [2.24, 2.45) is 5.92 Å². The summed E-state index contributed by atoms with van der Waals surface area (Å²) >= 11 is 0. The van der Waals surface area contributed by atoms with Crippen molar-refractivity contribution in [3.05, 3.63) is 41.5 Å². The number of carboxylic acid groups (broad SMARTS) is 1. The van der Waals surface area contributed by atoms with E-state index in [4.69, 9.17) is 10.2 Å². The summed E-state index contributed by atoms with van der Waals surface area (Å²) in [4.78, 5) is 23.0. The van der Waals surface area contributed by atoms with Crippen LogP contribution < -0.4 is 0 Å². The van der Waals surface area contributed by atoms with Gasteiger partial charge in [-0.25, -0.2) is 0 Å². The maximum Gasteiger partial charge on any atom is 0.306 e. The van der Waals surface area contributed by atoms with Crippen LogP contribution in [0.3, 0.4) is 0 Å². The van der Waals surface area contributed by atoms with Crippen molar-refractivity contribution in [3.63, 3.8) is 0 Å². The van der Waals surface area contributed by atoms with E-state index in [0.29, 0.717) is 31.2 Å². The number of aliphatic carboxylic acids is 1. The summed E-state index contributed by atoms with van der Waals surface area (Å²) in [5.74, 6) is -1.27. The number of carbonyl (C=O) groups is 2. The Bertz CT molecular complexity index is 577. The van der Waals surface area contributed by atoms with E-state index >= 15 is 0 Å². The Morgan fingerprint density at radius 2 is 2.04 bits per heavy atom. The SMILES string of the molecule is CCCCC(C/C=C/C(=O)CCc1ccc(O)c(CO)c1)C(=O)O. The molecule has 0 amide bonds. The number of carbonyl (C=O) groups excluding carboxylic acids is 1. The minimum Gasteiger partial charge on any atom is -0.508 e. The Balaban J connectivity index is 2.46. The maximum atomic E-state index is 11.9. The van der Waals surface area contributed by atoms with Crippen LogP contribution in [0, 0.1) is 5.92 Å². The van der Waals surface area contributed by atoms with Crippen LogP contribution in [0.5, 0.6) is 5.75 Å². The molecule has 132 valence electrons. The third-order valence-corrected chi connectivity index (χ3v) is 3.95. The van der Waals surface area contributed by atoms with E-state index in [-0.39, 0.29) is 18.1 Å². The first kappa shape index (κ1) is 19.9. The van der Waals surface area contributed by atoms with Crippen molar-refractivity contribution in [1.29, 1.82) is 0 Å². The lowest BCUT2D eigenvalue weighted by atomic mass is 9.98. The van der Waals surface area contributed by atoms with Gasteiger partial charge >= 0.3 is 5.97 Å². The highest BCUT2D eigenvalue weighted by atomic mass is 16.4. The number of phenols is 1. The van der Waals surface area contributed by atoms with Crippen molar-refractivity contribution in [2.45, 2.75) is 52.1 Å². The van der Waals surface area contributed by atoms with Gasteiger partial charge in [-0.05, 0) is 43.0 Å². The van der Waals surface area contributed by atoms with Gasteiger partial charge in [-0.2, -0.15) is 0 Å². The van der Waals surface area contributed by atoms with E-state index in [1.54, 1.807) is 18.2 Å². The number of hydrogen-bond donors (Lipinski definition) is 3. The minimum absolute atomic E-state index is 0.0410. The fraction of sp³-hybridized carbons (Fsp3) is 0.474. The van der Waals surface area contributed by atoms with Crippen molar-refractivity contribution < 1.29 is 24.9 Å². The highest BCUT2D eigenvalue weighted by molar-refractivity contribution is 5.89. The highest BCUT2D eigenvalue weighted by Gasteiger charge is 2.14. The molecule has 0 spiro atoms. The molecule has 1 atom stereocenters. The van der Waals surface area contributed by atoms with E-state index in [1.165, 1.54) is 12.1 Å². The van der Waals surface area contributed by atoms with Gasteiger partial charge in [0, 0.05) is 12.0 Å². The molecule has 1 aromatic carbocycles. The number of unbranched alkanes of at least 4 members (excludes halogenated alkanes) is 1. The average Bonchev–Trinajstić information content (AvgIpc) is 2.56. The van der Waals surface area contributed by atoms with Crippen LogP contribution in [0.1, 0.15) is 50.2 Å². The molecular formula is C19H26O5. The van der Waals surface area contributed by atoms with Gasteiger partial charge in [-0.3, -0.25) is 9.59 Å². The molecule has 5 nitrogen and oxygen atoms in total. The summed E-state index contributed by atoms with van der Waals surface area (Å²) in [6.45, 7) is 1.77. The molecule has 0 fully saturated rings. The van der Waals surface area contributed by atoms with Gasteiger partial charge in [0.1, 0.15) is 5.75 Å². The first-order valence-electron chi connectivity index (χ1n) is 8.31. The average molecular weight is 334 g/mol. The van der Waals surface area contributed by atoms with Gasteiger partial charge < -0.3 is 15.3 Å². The van der Waals surface area contributed by atoms with Crippen LogP contribution in [-0.4, -0.2) is 27.1 Å². The molecule has 1 aromatic rings. The number of benzene rings is 1. The van der Waals surface area contributed by atoms with Gasteiger partial charge in [0.25, 0.3) is 0 Å². The molecule has 0 aliphatic carbocycles. The fourth-order valence-corrected chi connectivity index (χ4v) is 2.43. The number of rotatable bonds is 11. The van der Waals surface area contributed by atoms with Crippen LogP contribution >= 0.6 is 0 Å². The normalized spacial score (nSPS) is 12.4. The van der Waals surface area contributed by atoms with Gasteiger partial charge in [-0.15, -0.1) is 0 Å². The molecule has 3 N–H and O–H groups in total. The van der Waals surface area contributed by atoms with E-state index in [1.807, 2.05) is 6.92 Å². The van der Waals surface area contributed by atoms with Crippen LogP contribution in [0.25, 0.3) is 0 Å². The van der Waals surface area contributed by atoms with Gasteiger partial charge in [0.15, 0.2) is 5.78 Å². The van der Waals surface area contributed by atoms with Crippen LogP contribution in [0.15, 0.2) is 30.4 Å². The molecule has 0 heterocycles. The smallest absolute Gasteiger partial charge is 0.306 e. The predicted molar refractivity (Wildman–Crippen MR) is 91.8 cm³/mol. The first-order chi connectivity index (χ1) is 11.5. The first-order valence-corrected chi connectivity index (χ1v) is 8.31. The zero-order valence-electron chi connectivity index (χ0n) is 14.1. The van der Waals surface area contributed by atoms with E-state index in [2.05, 4.69) is 0 Å². The Morgan fingerprint density at radius 3 is 2.67 bits per heavy atom. The maximum absolute atomic E-state index is 11.9. The zero-order valence-corrected chi connectivity index (χ0v) is 14.1. The number of aliphatic hydroxyl groups is 1. The number of aromatic hydroxyl groups is 1. The molecule has 0 radical (unpaired) electrons. The zero-order chi connectivity index (χ0) is 17.9. The number of carboxylic acids is 1. The van der Waals surface area contributed by atoms with Gasteiger partial charge in [0.2, 0.25) is 0 Å². The van der Waals surface area contributed by atoms with Crippen LogP contribution in [0.2, 0.25) is 0 Å². The summed E-state index contributed by atoms with van der Waals surface area (Å²) in [6, 6.07) is 4.90. The molecule has 1 rings (SSSR count). The molecule has 0 aliphatic rings. The fourth-order valence-electron chi connectivity index (χ4n) is 2.43. The summed E-state index contributed by atoms with van der Waals surface area (Å²) < 4.78 is 0. The number of aryl methyl sites for hydroxylation is 1. The quantitative estimate of drug-likeness (QED) is 0.540. The summed E-state index contributed by atoms with van der Waals surface area (Å²) in [5.41, 5.74) is 1.31. The molecule has 0 saturated heterocycles. The largest absolute Gasteiger partial charge is 0.508 e. The lowest BCUT2D eigenvalue weighted by molar-refractivity contribution is -0.141. The highest BCUT2D eigenvalue weighted by Crippen LogP contribution is 2.19. The lowest BCUT2D eigenvalue weighted by Gasteiger charge is -2.08. The summed E-state index contributed by atoms with van der Waals surface area (Å²) in [6.07, 6.45) is 6.73. The summed E-state index contributed by atoms with van der Waals surface area (Å²) in [5, 5.41) is 27.7. The van der Waals surface area contributed by atoms with Crippen molar-refractivity contribution in [2.75, 3.05) is 0 Å². The second kappa shape index (κ2) is 10.6. The lowest BCUT2D eigenvalue weighted by Crippen LogP contribution is -2.12. The molecule has 24 heavy (non-hydrogen) atoms. The Hall–Kier alpha value is -2.14. The van der Waals surface area contributed by atoms with Gasteiger partial charge in [-0.1, -0.05) is 31.9 Å². The second-order valence-corrected chi connectivity index (χ2v) is 5.90. The standard InChI is InChI=1S/C19H26O5/c1-2-3-5-15(19(23)24)6-4-7-17(21)10-8-14-9-11-18(22)16(12-14)13-20/h4,7,9,11-12,15,20,22H,2-3,5-6,8,10,13H2,1H3,(H,23,24)/b7-4+. The molecule has 1 unspecified atom stereocenters. The van der Waals surface area contributed by atoms with Crippen LogP contribution in [-0.2, 0) is 22.6 Å². The third kappa shape index (κ3) is 6.96. The third-order valence-electron chi connectivity index (χ3n) is 3.95. The molecule has 5 heteroatoms. The Kier molecular flexibility index (Phi) is 8.79. The molecule has 0 saturated carbocycles. The van der Waals surface area contributed by atoms with Gasteiger partial charge in [0.05, 0.1) is 12.5 Å². The minimum atomic E-state index is -0.818. The number of ketones is 1. The van der Waals surface area contributed by atoms with Crippen molar-refractivity contribution in [1.82, 2.24) is 0 Å². The number of hydrogen-bond acceptors (Lipinski definition) is 4. The molecule has 0 aromatic heterocycles. The Labute approximate surface area is 142 Å².